The van der Waals surface area contributed by atoms with Crippen LogP contribution >= 0.6 is 11.3 Å². The number of ether oxygens (including phenoxy) is 1. The van der Waals surface area contributed by atoms with Crippen LogP contribution in [0.2, 0.25) is 0 Å². The molecule has 0 aromatic carbocycles. The van der Waals surface area contributed by atoms with Gasteiger partial charge >= 0.3 is 0 Å². The lowest BCUT2D eigenvalue weighted by Crippen LogP contribution is -2.49. The first-order valence-corrected chi connectivity index (χ1v) is 13.3. The quantitative estimate of drug-likeness (QED) is 0.695. The van der Waals surface area contributed by atoms with Crippen LogP contribution in [0.3, 0.4) is 0 Å². The average Bonchev–Trinajstić information content (AvgIpc) is 3.29. The first-order valence-electron chi connectivity index (χ1n) is 10.5. The summed E-state index contributed by atoms with van der Waals surface area (Å²) in [6, 6.07) is 2.81. The van der Waals surface area contributed by atoms with Crippen molar-refractivity contribution in [1.29, 1.82) is 0 Å². The van der Waals surface area contributed by atoms with Crippen LogP contribution in [0.5, 0.6) is 0 Å². The maximum atomic E-state index is 11.4. The van der Waals surface area contributed by atoms with Crippen LogP contribution in [0.25, 0.3) is 0 Å². The van der Waals surface area contributed by atoms with Gasteiger partial charge in [-0.3, -0.25) is 9.58 Å². The number of sulfone groups is 1. The zero-order valence-electron chi connectivity index (χ0n) is 17.6. The summed E-state index contributed by atoms with van der Waals surface area (Å²) in [5, 5.41) is 4.34. The molecule has 160 valence electrons. The molecule has 0 amide bonds. The Labute approximate surface area is 177 Å². The van der Waals surface area contributed by atoms with E-state index in [0.29, 0.717) is 12.6 Å². The van der Waals surface area contributed by atoms with E-state index >= 15 is 0 Å². The van der Waals surface area contributed by atoms with Gasteiger partial charge in [0.15, 0.2) is 0 Å². The van der Waals surface area contributed by atoms with Crippen LogP contribution in [0.1, 0.15) is 47.6 Å². The third-order valence-electron chi connectivity index (χ3n) is 6.19. The van der Waals surface area contributed by atoms with Crippen LogP contribution in [-0.2, 0) is 46.1 Å². The Morgan fingerprint density at radius 2 is 2.24 bits per heavy atom. The second-order valence-corrected chi connectivity index (χ2v) is 11.9. The van der Waals surface area contributed by atoms with Crippen molar-refractivity contribution in [2.24, 2.45) is 0 Å². The number of likely N-dealkylation sites (tertiary alicyclic amines) is 1. The van der Waals surface area contributed by atoms with Crippen LogP contribution in [-0.4, -0.2) is 54.3 Å². The summed E-state index contributed by atoms with van der Waals surface area (Å²) in [4.78, 5) is 5.44. The van der Waals surface area contributed by atoms with E-state index in [-0.39, 0.29) is 11.4 Å². The van der Waals surface area contributed by atoms with Crippen molar-refractivity contribution in [3.8, 4) is 0 Å². The number of hydrogen-bond donors (Lipinski definition) is 0. The first-order chi connectivity index (χ1) is 13.8. The largest absolute Gasteiger partial charge is 0.369 e. The molecular formula is C21H31N3O3S2. The molecule has 1 spiro atoms. The summed E-state index contributed by atoms with van der Waals surface area (Å²) in [5.74, 6) is 0.122. The molecule has 4 rings (SSSR count). The predicted molar refractivity (Wildman–Crippen MR) is 116 cm³/mol. The van der Waals surface area contributed by atoms with Crippen molar-refractivity contribution in [3.63, 3.8) is 0 Å². The minimum Gasteiger partial charge on any atom is -0.369 e. The fraction of sp³-hybridized carbons (Fsp3) is 0.667. The highest BCUT2D eigenvalue weighted by molar-refractivity contribution is 7.90. The third kappa shape index (κ3) is 4.60. The van der Waals surface area contributed by atoms with E-state index in [1.54, 1.807) is 4.68 Å². The molecule has 0 saturated carbocycles. The summed E-state index contributed by atoms with van der Waals surface area (Å²) < 4.78 is 30.9. The molecule has 0 bridgehead atoms. The van der Waals surface area contributed by atoms with Gasteiger partial charge in [0.05, 0.1) is 25.1 Å². The van der Waals surface area contributed by atoms with E-state index in [0.717, 1.165) is 50.9 Å². The molecule has 2 aromatic rings. The highest BCUT2D eigenvalue weighted by Crippen LogP contribution is 2.47. The lowest BCUT2D eigenvalue weighted by molar-refractivity contribution is -0.110. The Morgan fingerprint density at radius 3 is 2.97 bits per heavy atom. The summed E-state index contributed by atoms with van der Waals surface area (Å²) in [6.07, 6.45) is 9.28. The van der Waals surface area contributed by atoms with Gasteiger partial charge < -0.3 is 4.74 Å². The lowest BCUT2D eigenvalue weighted by atomic mass is 9.82. The molecule has 29 heavy (non-hydrogen) atoms. The highest BCUT2D eigenvalue weighted by Gasteiger charge is 2.44. The molecule has 2 aliphatic heterocycles. The Balaban J connectivity index is 1.42. The molecule has 1 saturated heterocycles. The molecule has 6 nitrogen and oxygen atoms in total. The number of hydrogen-bond acceptors (Lipinski definition) is 6. The number of piperidine rings is 1. The molecule has 4 heterocycles. The SMILES string of the molecule is CCc1cc2c(s1)[C@]1(CCN(Cc3cnn(CCS(C)(=O)=O)c3)[C@@H](C)C1)OCC2. The zero-order valence-corrected chi connectivity index (χ0v) is 19.2. The van der Waals surface area contributed by atoms with E-state index in [1.807, 2.05) is 23.7 Å². The van der Waals surface area contributed by atoms with E-state index < -0.39 is 9.84 Å². The van der Waals surface area contributed by atoms with Gasteiger partial charge in [0.1, 0.15) is 15.4 Å². The predicted octanol–water partition coefficient (Wildman–Crippen LogP) is 3.00. The second-order valence-electron chi connectivity index (χ2n) is 8.53. The molecule has 1 fully saturated rings. The van der Waals surface area contributed by atoms with Gasteiger partial charge in [-0.05, 0) is 44.2 Å². The van der Waals surface area contributed by atoms with Gasteiger partial charge in [-0.25, -0.2) is 8.42 Å². The summed E-state index contributed by atoms with van der Waals surface area (Å²) >= 11 is 1.95. The van der Waals surface area contributed by atoms with Crippen molar-refractivity contribution in [1.82, 2.24) is 14.7 Å². The molecule has 2 aliphatic rings. The van der Waals surface area contributed by atoms with Gasteiger partial charge in [-0.1, -0.05) is 6.92 Å². The maximum Gasteiger partial charge on any atom is 0.149 e. The highest BCUT2D eigenvalue weighted by atomic mass is 32.2. The fourth-order valence-corrected chi connectivity index (χ4v) is 6.43. The third-order valence-corrected chi connectivity index (χ3v) is 8.62. The molecule has 8 heteroatoms. The topological polar surface area (TPSA) is 64.4 Å². The number of rotatable bonds is 6. The Bertz CT molecular complexity index is 966. The fourth-order valence-electron chi connectivity index (χ4n) is 4.58. The normalized spacial score (nSPS) is 25.4. The molecule has 2 atom stereocenters. The molecular weight excluding hydrogens is 406 g/mol. The molecule has 0 N–H and O–H groups in total. The maximum absolute atomic E-state index is 11.4. The Hall–Kier alpha value is -1.22. The van der Waals surface area contributed by atoms with Gasteiger partial charge in [0, 0.05) is 46.9 Å². The van der Waals surface area contributed by atoms with E-state index in [9.17, 15) is 8.42 Å². The number of nitrogens with zero attached hydrogens (tertiary/aromatic N) is 3. The van der Waals surface area contributed by atoms with Crippen LogP contribution in [0.15, 0.2) is 18.5 Å². The van der Waals surface area contributed by atoms with Gasteiger partial charge in [0.25, 0.3) is 0 Å². The summed E-state index contributed by atoms with van der Waals surface area (Å²) in [7, 11) is -2.97. The summed E-state index contributed by atoms with van der Waals surface area (Å²) in [5.41, 5.74) is 2.53. The van der Waals surface area contributed by atoms with Gasteiger partial charge in [-0.15, -0.1) is 11.3 Å². The molecule has 0 radical (unpaired) electrons. The van der Waals surface area contributed by atoms with Crippen molar-refractivity contribution in [2.75, 3.05) is 25.2 Å². The molecule has 2 aromatic heterocycles. The number of thiophene rings is 1. The number of aromatic nitrogens is 2. The van der Waals surface area contributed by atoms with Crippen molar-refractivity contribution in [3.05, 3.63) is 39.3 Å². The van der Waals surface area contributed by atoms with Crippen molar-refractivity contribution in [2.45, 2.75) is 64.3 Å². The van der Waals surface area contributed by atoms with E-state index in [4.69, 9.17) is 4.74 Å². The summed E-state index contributed by atoms with van der Waals surface area (Å²) in [6.45, 7) is 7.59. The monoisotopic (exact) mass is 437 g/mol. The lowest BCUT2D eigenvalue weighted by Gasteiger charge is -2.47. The van der Waals surface area contributed by atoms with Gasteiger partial charge in [0.2, 0.25) is 0 Å². The average molecular weight is 438 g/mol. The van der Waals surface area contributed by atoms with Gasteiger partial charge in [-0.2, -0.15) is 5.10 Å². The number of aryl methyl sites for hydroxylation is 2. The Morgan fingerprint density at radius 1 is 1.41 bits per heavy atom. The van der Waals surface area contributed by atoms with E-state index in [2.05, 4.69) is 29.9 Å². The minimum atomic E-state index is -2.97. The Kier molecular flexibility index (Phi) is 5.90. The first kappa shape index (κ1) is 21.0. The number of fused-ring (bicyclic) bond motifs is 2. The van der Waals surface area contributed by atoms with E-state index in [1.165, 1.54) is 21.6 Å². The van der Waals surface area contributed by atoms with Crippen LogP contribution < -0.4 is 0 Å². The minimum absolute atomic E-state index is 0.110. The molecule has 0 aliphatic carbocycles. The van der Waals surface area contributed by atoms with Crippen LogP contribution in [0.4, 0.5) is 0 Å². The second kappa shape index (κ2) is 8.13. The van der Waals surface area contributed by atoms with Crippen molar-refractivity contribution < 1.29 is 13.2 Å². The standard InChI is InChI=1S/C21H31N3O3S2/c1-4-19-11-18-5-9-27-21(20(18)28-19)6-7-23(16(2)12-21)14-17-13-22-24(15-17)8-10-29(3,25)26/h11,13,15-16H,4-10,12,14H2,1-3H3/t16-,21+/m0/s1. The van der Waals surface area contributed by atoms with Crippen LogP contribution in [0, 0.1) is 0 Å². The molecule has 0 unspecified atom stereocenters. The van der Waals surface area contributed by atoms with Crippen molar-refractivity contribution >= 4 is 21.2 Å². The zero-order chi connectivity index (χ0) is 20.6. The smallest absolute Gasteiger partial charge is 0.149 e.